The van der Waals surface area contributed by atoms with Crippen molar-refractivity contribution in [2.24, 2.45) is 0 Å². The van der Waals surface area contributed by atoms with Crippen molar-refractivity contribution in [2.45, 2.75) is 58.5 Å². The fourth-order valence-electron chi connectivity index (χ4n) is 2.18. The number of esters is 1. The molecule has 0 N–H and O–H groups in total. The van der Waals surface area contributed by atoms with Crippen molar-refractivity contribution in [3.05, 3.63) is 12.2 Å². The molecular formula is C15H23NO4. The minimum atomic E-state index is -0.307. The first-order chi connectivity index (χ1) is 9.58. The average Bonchev–Trinajstić information content (AvgIpc) is 2.71. The van der Waals surface area contributed by atoms with Crippen molar-refractivity contribution >= 4 is 17.8 Å². The van der Waals surface area contributed by atoms with Crippen molar-refractivity contribution in [1.29, 1.82) is 0 Å². The van der Waals surface area contributed by atoms with Gasteiger partial charge in [-0.15, -0.1) is 0 Å². The summed E-state index contributed by atoms with van der Waals surface area (Å²) in [6.45, 7) is 4.40. The van der Waals surface area contributed by atoms with E-state index in [9.17, 15) is 14.4 Å². The van der Waals surface area contributed by atoms with Crippen molar-refractivity contribution in [2.75, 3.05) is 6.54 Å². The zero-order valence-electron chi connectivity index (χ0n) is 12.3. The second kappa shape index (κ2) is 8.51. The molecule has 112 valence electrons. The molecule has 0 bridgehead atoms. The Morgan fingerprint density at radius 2 is 1.70 bits per heavy atom. The molecule has 5 heteroatoms. The van der Waals surface area contributed by atoms with Gasteiger partial charge in [0.05, 0.1) is 0 Å². The first kappa shape index (κ1) is 16.4. The van der Waals surface area contributed by atoms with E-state index in [1.165, 1.54) is 12.2 Å². The molecule has 0 aromatic carbocycles. The molecule has 0 saturated carbocycles. The van der Waals surface area contributed by atoms with Gasteiger partial charge in [-0.25, -0.2) is 0 Å². The number of amides is 2. The van der Waals surface area contributed by atoms with Crippen LogP contribution in [-0.4, -0.2) is 35.3 Å². The van der Waals surface area contributed by atoms with Crippen LogP contribution < -0.4 is 0 Å². The highest BCUT2D eigenvalue weighted by atomic mass is 16.5. The summed E-state index contributed by atoms with van der Waals surface area (Å²) in [5.74, 6) is -0.861. The van der Waals surface area contributed by atoms with Crippen LogP contribution in [0.3, 0.4) is 0 Å². The minimum Gasteiger partial charge on any atom is -0.462 e. The van der Waals surface area contributed by atoms with Crippen LogP contribution >= 0.6 is 0 Å². The molecule has 2 amide bonds. The maximum absolute atomic E-state index is 11.7. The van der Waals surface area contributed by atoms with E-state index in [0.717, 1.165) is 30.6 Å². The molecule has 0 aliphatic carbocycles. The summed E-state index contributed by atoms with van der Waals surface area (Å²) in [6, 6.07) is 0. The Kier molecular flexibility index (Phi) is 6.98. The Morgan fingerprint density at radius 1 is 1.15 bits per heavy atom. The molecule has 0 aromatic rings. The number of carbonyl (C=O) groups is 3. The summed E-state index contributed by atoms with van der Waals surface area (Å²) < 4.78 is 5.41. The topological polar surface area (TPSA) is 63.7 Å². The summed E-state index contributed by atoms with van der Waals surface area (Å²) in [5.41, 5.74) is 0. The lowest BCUT2D eigenvalue weighted by Crippen LogP contribution is -2.31. The van der Waals surface area contributed by atoms with Gasteiger partial charge in [-0.2, -0.15) is 0 Å². The van der Waals surface area contributed by atoms with Crippen LogP contribution in [0.4, 0.5) is 0 Å². The number of rotatable bonds is 9. The van der Waals surface area contributed by atoms with Crippen LogP contribution in [0.2, 0.25) is 0 Å². The van der Waals surface area contributed by atoms with Crippen LogP contribution in [0.25, 0.3) is 0 Å². The van der Waals surface area contributed by atoms with Crippen molar-refractivity contribution in [1.82, 2.24) is 4.90 Å². The maximum Gasteiger partial charge on any atom is 0.306 e. The van der Waals surface area contributed by atoms with Crippen LogP contribution in [0, 0.1) is 0 Å². The largest absolute Gasteiger partial charge is 0.462 e. The Balaban J connectivity index is 2.25. The zero-order valence-corrected chi connectivity index (χ0v) is 12.3. The van der Waals surface area contributed by atoms with Gasteiger partial charge in [0.2, 0.25) is 0 Å². The van der Waals surface area contributed by atoms with Gasteiger partial charge in [0.1, 0.15) is 6.10 Å². The Bertz CT molecular complexity index is 365. The summed E-state index contributed by atoms with van der Waals surface area (Å²) in [6.07, 6.45) is 6.91. The lowest BCUT2D eigenvalue weighted by atomic mass is 10.1. The molecular weight excluding hydrogens is 258 g/mol. The zero-order chi connectivity index (χ0) is 15.0. The monoisotopic (exact) mass is 281 g/mol. The van der Waals surface area contributed by atoms with Gasteiger partial charge in [-0.1, -0.05) is 26.7 Å². The highest BCUT2D eigenvalue weighted by Gasteiger charge is 2.23. The third-order valence-corrected chi connectivity index (χ3v) is 3.18. The third kappa shape index (κ3) is 5.15. The smallest absolute Gasteiger partial charge is 0.306 e. The van der Waals surface area contributed by atoms with Crippen LogP contribution in [0.1, 0.15) is 52.4 Å². The predicted octanol–water partition coefficient (Wildman–Crippen LogP) is 2.20. The van der Waals surface area contributed by atoms with Crippen LogP contribution in [0.5, 0.6) is 0 Å². The second-order valence-corrected chi connectivity index (χ2v) is 4.95. The maximum atomic E-state index is 11.7. The number of ether oxygens (including phenoxy) is 1. The second-order valence-electron chi connectivity index (χ2n) is 4.95. The Morgan fingerprint density at radius 3 is 2.20 bits per heavy atom. The SMILES string of the molecule is CCCC(CCC)OC(=O)CCCN1C(=O)C=CC1=O. The molecule has 1 heterocycles. The Labute approximate surface area is 120 Å². The van der Waals surface area contributed by atoms with E-state index in [0.29, 0.717) is 6.42 Å². The number of hydrogen-bond acceptors (Lipinski definition) is 4. The van der Waals surface area contributed by atoms with E-state index in [4.69, 9.17) is 4.74 Å². The molecule has 0 spiro atoms. The molecule has 20 heavy (non-hydrogen) atoms. The fraction of sp³-hybridized carbons (Fsp3) is 0.667. The molecule has 1 aliphatic rings. The number of imide groups is 1. The molecule has 1 aliphatic heterocycles. The summed E-state index contributed by atoms with van der Waals surface area (Å²) in [7, 11) is 0. The molecule has 1 rings (SSSR count). The van der Waals surface area contributed by atoms with E-state index >= 15 is 0 Å². The highest BCUT2D eigenvalue weighted by Crippen LogP contribution is 2.12. The standard InChI is InChI=1S/C15H23NO4/c1-3-6-12(7-4-2)20-15(19)8-5-11-16-13(17)9-10-14(16)18/h9-10,12H,3-8,11H2,1-2H3. The van der Waals surface area contributed by atoms with Crippen LogP contribution in [0.15, 0.2) is 12.2 Å². The fourth-order valence-corrected chi connectivity index (χ4v) is 2.18. The minimum absolute atomic E-state index is 0.00535. The van der Waals surface area contributed by atoms with Crippen molar-refractivity contribution in [3.63, 3.8) is 0 Å². The van der Waals surface area contributed by atoms with E-state index in [1.807, 2.05) is 0 Å². The summed E-state index contributed by atoms with van der Waals surface area (Å²) >= 11 is 0. The highest BCUT2D eigenvalue weighted by molar-refractivity contribution is 6.12. The summed E-state index contributed by atoms with van der Waals surface area (Å²) in [5, 5.41) is 0. The normalized spacial score (nSPS) is 14.4. The summed E-state index contributed by atoms with van der Waals surface area (Å²) in [4.78, 5) is 35.5. The van der Waals surface area contributed by atoms with Gasteiger partial charge in [-0.3, -0.25) is 19.3 Å². The molecule has 0 saturated heterocycles. The van der Waals surface area contributed by atoms with Gasteiger partial charge in [-0.05, 0) is 19.3 Å². The van der Waals surface area contributed by atoms with Gasteiger partial charge >= 0.3 is 5.97 Å². The van der Waals surface area contributed by atoms with Crippen molar-refractivity contribution < 1.29 is 19.1 Å². The first-order valence-electron chi connectivity index (χ1n) is 7.31. The quantitative estimate of drug-likeness (QED) is 0.480. The van der Waals surface area contributed by atoms with Crippen LogP contribution in [-0.2, 0) is 19.1 Å². The molecule has 0 fully saturated rings. The van der Waals surface area contributed by atoms with E-state index < -0.39 is 0 Å². The van der Waals surface area contributed by atoms with Gasteiger partial charge in [0.25, 0.3) is 11.8 Å². The van der Waals surface area contributed by atoms with Gasteiger partial charge < -0.3 is 4.74 Å². The van der Waals surface area contributed by atoms with E-state index in [2.05, 4.69) is 13.8 Å². The van der Waals surface area contributed by atoms with E-state index in [-0.39, 0.29) is 36.9 Å². The number of hydrogen-bond donors (Lipinski definition) is 0. The molecule has 0 unspecified atom stereocenters. The number of nitrogens with zero attached hydrogens (tertiary/aromatic N) is 1. The average molecular weight is 281 g/mol. The first-order valence-corrected chi connectivity index (χ1v) is 7.31. The van der Waals surface area contributed by atoms with Gasteiger partial charge in [0, 0.05) is 25.1 Å². The molecule has 5 nitrogen and oxygen atoms in total. The lowest BCUT2D eigenvalue weighted by Gasteiger charge is -2.17. The molecule has 0 atom stereocenters. The van der Waals surface area contributed by atoms with E-state index in [1.54, 1.807) is 0 Å². The third-order valence-electron chi connectivity index (χ3n) is 3.18. The molecule has 0 aromatic heterocycles. The predicted molar refractivity (Wildman–Crippen MR) is 74.8 cm³/mol. The lowest BCUT2D eigenvalue weighted by molar-refractivity contribution is -0.150. The van der Waals surface area contributed by atoms with Crippen molar-refractivity contribution in [3.8, 4) is 0 Å². The Hall–Kier alpha value is -1.65. The number of carbonyl (C=O) groups excluding carboxylic acids is 3. The van der Waals surface area contributed by atoms with Gasteiger partial charge in [0.15, 0.2) is 0 Å². The molecule has 0 radical (unpaired) electrons.